The Morgan fingerprint density at radius 2 is 1.13 bits per heavy atom. The Bertz CT molecular complexity index is 4160. The molecule has 470 valence electrons. The van der Waals surface area contributed by atoms with Crippen molar-refractivity contribution in [2.24, 2.45) is 5.73 Å². The summed E-state index contributed by atoms with van der Waals surface area (Å²) in [5.74, 6) is -12.3. The normalized spacial score (nSPS) is 21.3. The van der Waals surface area contributed by atoms with Crippen LogP contribution in [0.4, 0.5) is 0 Å². The average molecular weight is 1410 g/mol. The molecule has 0 saturated heterocycles. The van der Waals surface area contributed by atoms with Crippen LogP contribution in [0, 0.1) is 0 Å². The van der Waals surface area contributed by atoms with E-state index in [9.17, 15) is 45.0 Å². The van der Waals surface area contributed by atoms with Gasteiger partial charge in [0.1, 0.15) is 89.2 Å². The fourth-order valence-electron chi connectivity index (χ4n) is 10.7. The number of carbonyl (C=O) groups is 7. The number of aliphatic hydroxyl groups excluding tert-OH is 1. The van der Waals surface area contributed by atoms with Crippen molar-refractivity contribution in [3.63, 3.8) is 0 Å². The average Bonchev–Trinajstić information content (AvgIpc) is 0.866. The van der Waals surface area contributed by atoms with Crippen molar-refractivity contribution in [1.29, 1.82) is 0 Å². The van der Waals surface area contributed by atoms with E-state index >= 15 is 19.2 Å². The number of phenols is 5. The number of alkyl halides is 2. The molecule has 0 aromatic heterocycles. The van der Waals surface area contributed by atoms with Crippen molar-refractivity contribution >= 4 is 96.5 Å². The van der Waals surface area contributed by atoms with E-state index in [1.807, 2.05) is 0 Å². The van der Waals surface area contributed by atoms with Crippen LogP contribution in [-0.2, 0) is 44.7 Å². The Balaban J connectivity index is 1.16. The Hall–Kier alpha value is -9.51. The molecule has 29 heteroatoms. The summed E-state index contributed by atoms with van der Waals surface area (Å²) in [7, 11) is 0. The zero-order chi connectivity index (χ0) is 64.7. The Morgan fingerprint density at radius 1 is 0.538 bits per heavy atom. The molecule has 6 aliphatic heterocycles. The smallest absolute Gasteiger partial charge is 0.333 e. The maximum Gasteiger partial charge on any atom is 0.333 e. The van der Waals surface area contributed by atoms with Gasteiger partial charge < -0.3 is 92.0 Å². The van der Waals surface area contributed by atoms with Gasteiger partial charge in [-0.1, -0.05) is 79.3 Å². The van der Waals surface area contributed by atoms with Crippen LogP contribution in [-0.4, -0.2) is 108 Å². The number of carbonyl (C=O) groups excluding carboxylic acids is 7. The largest absolute Gasteiger partial charge is 0.508 e. The second-order valence-corrected chi connectivity index (χ2v) is 23.5. The number of aromatic hydroxyl groups is 5. The molecular formula is C62H51Br2Cl2N7O18. The molecule has 0 radical (unpaired) electrons. The topological polar surface area (TPSA) is 385 Å². The van der Waals surface area contributed by atoms with E-state index in [2.05, 4.69) is 63.8 Å². The minimum atomic E-state index is -2.13. The number of benzene rings is 7. The number of rotatable bonds is 6. The number of ether oxygens (including phenoxy) is 5. The molecular weight excluding hydrogens is 1360 g/mol. The number of esters is 1. The van der Waals surface area contributed by atoms with Gasteiger partial charge in [0.25, 0.3) is 0 Å². The van der Waals surface area contributed by atoms with Gasteiger partial charge in [-0.15, -0.1) is 0 Å². The van der Waals surface area contributed by atoms with E-state index in [-0.39, 0.29) is 125 Å². The highest BCUT2D eigenvalue weighted by molar-refractivity contribution is 9.09. The predicted molar refractivity (Wildman–Crippen MR) is 330 cm³/mol. The molecule has 91 heavy (non-hydrogen) atoms. The maximum absolute atomic E-state index is 16.0. The lowest BCUT2D eigenvalue weighted by atomic mass is 9.89. The molecule has 6 aliphatic rings. The number of hydrogen-bond acceptors (Lipinski definition) is 19. The molecule has 0 saturated carbocycles. The highest BCUT2D eigenvalue weighted by atomic mass is 79.9. The van der Waals surface area contributed by atoms with Gasteiger partial charge in [-0.05, 0) is 112 Å². The Labute approximate surface area is 541 Å². The first-order valence-electron chi connectivity index (χ1n) is 27.6. The van der Waals surface area contributed by atoms with Gasteiger partial charge in [0.05, 0.1) is 16.7 Å². The van der Waals surface area contributed by atoms with E-state index in [0.717, 1.165) is 36.4 Å². The molecule has 0 fully saturated rings. The molecule has 6 amide bonds. The van der Waals surface area contributed by atoms with Gasteiger partial charge in [0.2, 0.25) is 41.2 Å². The SMILES string of the molecule is N[C@@H]1C(=O)N[C@@H]2Cc3ccc(c(Cl)c3)Oc3cc4cc(c3OCCBr)Oc3ccc(cc3Cl)[C@@H](O)[C@@H]3NC(=O)[C@H](NC(=O)[C@@H]4NC(=O)[C@@H](NC2=O)c2cc(O)cc(c2)Oc2cc1ccc2O)c1ccc(O)c(c1)-c1c(O)cc(O)cc1[C@@H](C(=O)OCCBr)NC3=O. The van der Waals surface area contributed by atoms with Crippen LogP contribution in [0.25, 0.3) is 11.1 Å². The number of fused-ring (bicyclic) bond motifs is 14. The van der Waals surface area contributed by atoms with E-state index in [4.69, 9.17) is 52.6 Å². The van der Waals surface area contributed by atoms with Crippen molar-refractivity contribution < 1.29 is 87.9 Å². The summed E-state index contributed by atoms with van der Waals surface area (Å²) in [5.41, 5.74) is 5.11. The number of aliphatic hydroxyl groups is 1. The summed E-state index contributed by atoms with van der Waals surface area (Å²) in [6.45, 7) is -0.323. The number of halogens is 4. The monoisotopic (exact) mass is 1410 g/mol. The standard InChI is InChI=1S/C62H51Br2Cl2N7O18/c63-9-11-87-55-45-20-30-21-46(55)91-43-8-4-28(18-37(43)66)54(79)53-61(85)72-52(62(86)88-12-10-64)35-23-32(75)24-41(78)47(35)34-17-27(3-5-39(34)76)49(58(82)73-53)70-60(84)51(30)71-59(83)50-29-15-31(74)22-33(16-29)89-44-19-26(2-6-40(44)77)48(67)57(81)68-38(56(80)69-50)14-25-1-7-42(90-45)36(65)13-25/h1-8,13,15-24,38,48-54,74-79H,9-12,14,67H2,(H,68,81)(H,69,80)(H,70,84)(H,71,83)(H,72,85)(H,73,82)/t38-,48+,49-,50+,51-,52+,53+,54-/m1/s1. The van der Waals surface area contributed by atoms with Crippen LogP contribution < -0.4 is 56.6 Å². The van der Waals surface area contributed by atoms with Gasteiger partial charge in [0, 0.05) is 45.9 Å². The Morgan fingerprint density at radius 3 is 1.81 bits per heavy atom. The molecule has 7 aromatic carbocycles. The van der Waals surface area contributed by atoms with Crippen LogP contribution in [0.15, 0.2) is 115 Å². The minimum absolute atomic E-state index is 0.0453. The molecule has 13 rings (SSSR count). The van der Waals surface area contributed by atoms with Crippen LogP contribution in [0.2, 0.25) is 10.0 Å². The summed E-state index contributed by atoms with van der Waals surface area (Å²) in [6, 6.07) is 10.0. The lowest BCUT2D eigenvalue weighted by Gasteiger charge is -2.31. The van der Waals surface area contributed by atoms with Gasteiger partial charge in [-0.2, -0.15) is 0 Å². The van der Waals surface area contributed by atoms with Crippen molar-refractivity contribution in [1.82, 2.24) is 31.9 Å². The summed E-state index contributed by atoms with van der Waals surface area (Å²) in [5, 5.41) is 84.5. The molecule has 7 aromatic rings. The third kappa shape index (κ3) is 13.1. The summed E-state index contributed by atoms with van der Waals surface area (Å²) in [4.78, 5) is 105. The predicted octanol–water partition coefficient (Wildman–Crippen LogP) is 6.91. The van der Waals surface area contributed by atoms with Gasteiger partial charge in [0.15, 0.2) is 29.0 Å². The van der Waals surface area contributed by atoms with Crippen molar-refractivity contribution in [2.45, 2.75) is 54.8 Å². The molecule has 6 heterocycles. The molecule has 0 spiro atoms. The van der Waals surface area contributed by atoms with Crippen molar-refractivity contribution in [3.8, 4) is 80.1 Å². The fourth-order valence-corrected chi connectivity index (χ4v) is 11.5. The summed E-state index contributed by atoms with van der Waals surface area (Å²) >= 11 is 20.6. The zero-order valence-electron chi connectivity index (χ0n) is 46.8. The third-order valence-corrected chi connectivity index (χ3v) is 16.3. The van der Waals surface area contributed by atoms with Gasteiger partial charge in [-0.25, -0.2) is 4.79 Å². The lowest BCUT2D eigenvalue weighted by Crippen LogP contribution is -2.55. The van der Waals surface area contributed by atoms with Gasteiger partial charge in [-0.3, -0.25) is 28.8 Å². The van der Waals surface area contributed by atoms with Gasteiger partial charge >= 0.3 is 5.97 Å². The number of phenolic OH excluding ortho intramolecular Hbond substituents is 5. The quantitative estimate of drug-likeness (QED) is 0.0594. The van der Waals surface area contributed by atoms with Crippen LogP contribution >= 0.6 is 55.1 Å². The van der Waals surface area contributed by atoms with Crippen molar-refractivity contribution in [2.75, 3.05) is 23.9 Å². The first-order chi connectivity index (χ1) is 43.5. The second-order valence-electron chi connectivity index (χ2n) is 21.1. The van der Waals surface area contributed by atoms with E-state index in [0.29, 0.717) is 5.56 Å². The maximum atomic E-state index is 16.0. The fraction of sp³-hybridized carbons (Fsp3) is 0.210. The summed E-state index contributed by atoms with van der Waals surface area (Å²) in [6.07, 6.45) is -2.39. The molecule has 25 nitrogen and oxygen atoms in total. The highest BCUT2D eigenvalue weighted by Gasteiger charge is 2.42. The number of amides is 6. The number of nitrogens with two attached hydrogens (primary N) is 1. The molecule has 0 unspecified atom stereocenters. The van der Waals surface area contributed by atoms with E-state index < -0.39 is 119 Å². The first-order valence-corrected chi connectivity index (χ1v) is 30.6. The zero-order valence-corrected chi connectivity index (χ0v) is 51.5. The molecule has 14 N–H and O–H groups in total. The molecule has 0 aliphatic carbocycles. The van der Waals surface area contributed by atoms with Crippen molar-refractivity contribution in [3.05, 3.63) is 164 Å². The number of nitrogens with one attached hydrogen (secondary N) is 6. The molecule has 8 atom stereocenters. The second kappa shape index (κ2) is 26.1. The Kier molecular flexibility index (Phi) is 18.1. The molecule has 17 bridgehead atoms. The number of hydrogen-bond donors (Lipinski definition) is 13. The van der Waals surface area contributed by atoms with E-state index in [1.54, 1.807) is 0 Å². The first kappa shape index (κ1) is 63.1. The summed E-state index contributed by atoms with van der Waals surface area (Å²) < 4.78 is 30.9. The minimum Gasteiger partial charge on any atom is -0.508 e. The van der Waals surface area contributed by atoms with Crippen LogP contribution in [0.3, 0.4) is 0 Å². The third-order valence-electron chi connectivity index (χ3n) is 15.1. The van der Waals surface area contributed by atoms with E-state index in [1.165, 1.54) is 78.9 Å². The van der Waals surface area contributed by atoms with Crippen LogP contribution in [0.1, 0.15) is 75.3 Å². The highest BCUT2D eigenvalue weighted by Crippen LogP contribution is 2.49. The van der Waals surface area contributed by atoms with Crippen LogP contribution in [0.5, 0.6) is 69.0 Å². The lowest BCUT2D eigenvalue weighted by molar-refractivity contribution is -0.148.